The van der Waals surface area contributed by atoms with Crippen molar-refractivity contribution in [3.8, 4) is 6.01 Å². The summed E-state index contributed by atoms with van der Waals surface area (Å²) in [5, 5.41) is 2.37. The van der Waals surface area contributed by atoms with Gasteiger partial charge in [-0.1, -0.05) is 7.43 Å². The predicted octanol–water partition coefficient (Wildman–Crippen LogP) is 2.69. The second-order valence-electron chi connectivity index (χ2n) is 4.97. The van der Waals surface area contributed by atoms with Crippen LogP contribution in [0.25, 0.3) is 0 Å². The van der Waals surface area contributed by atoms with Gasteiger partial charge in [0.15, 0.2) is 0 Å². The van der Waals surface area contributed by atoms with Crippen LogP contribution in [0, 0.1) is 0 Å². The van der Waals surface area contributed by atoms with Crippen LogP contribution in [-0.4, -0.2) is 33.7 Å². The van der Waals surface area contributed by atoms with Crippen LogP contribution in [-0.2, 0) is 9.53 Å². The summed E-state index contributed by atoms with van der Waals surface area (Å²) in [6, 6.07) is -0.965. The van der Waals surface area contributed by atoms with Crippen LogP contribution >= 0.6 is 15.9 Å². The number of hydrogen-bond donors (Lipinski definition) is 1. The molecule has 0 spiro atoms. The molecule has 1 N–H and O–H groups in total. The van der Waals surface area contributed by atoms with Crippen molar-refractivity contribution in [3.05, 3.63) is 16.9 Å². The van der Waals surface area contributed by atoms with E-state index in [9.17, 15) is 9.59 Å². The molecule has 0 aliphatic carbocycles. The molecule has 7 nitrogen and oxygen atoms in total. The lowest BCUT2D eigenvalue weighted by Crippen LogP contribution is -2.43. The highest BCUT2D eigenvalue weighted by atomic mass is 79.9. The Morgan fingerprint density at radius 3 is 2.29 bits per heavy atom. The SMILES string of the molecule is C.C[C@H](NC(=O)OC(C)(C)C)C(=O)Oc1ncc(Br)cn1. The number of halogens is 1. The summed E-state index contributed by atoms with van der Waals surface area (Å²) < 4.78 is 10.6. The van der Waals surface area contributed by atoms with E-state index in [1.807, 2.05) is 0 Å². The highest BCUT2D eigenvalue weighted by Crippen LogP contribution is 2.09. The number of rotatable bonds is 3. The van der Waals surface area contributed by atoms with E-state index in [1.54, 1.807) is 20.8 Å². The number of alkyl carbamates (subject to hydrolysis) is 1. The van der Waals surface area contributed by atoms with Crippen LogP contribution in [0.5, 0.6) is 6.01 Å². The summed E-state index contributed by atoms with van der Waals surface area (Å²) in [5.41, 5.74) is -0.636. The van der Waals surface area contributed by atoms with Gasteiger partial charge < -0.3 is 14.8 Å². The first-order valence-corrected chi connectivity index (χ1v) is 6.65. The highest BCUT2D eigenvalue weighted by molar-refractivity contribution is 9.10. The van der Waals surface area contributed by atoms with Crippen molar-refractivity contribution in [2.24, 2.45) is 0 Å². The number of nitrogens with one attached hydrogen (secondary N) is 1. The zero-order chi connectivity index (χ0) is 15.3. The van der Waals surface area contributed by atoms with Gasteiger partial charge in [-0.2, -0.15) is 0 Å². The molecule has 1 amide bonds. The molecule has 0 unspecified atom stereocenters. The van der Waals surface area contributed by atoms with E-state index in [0.29, 0.717) is 4.47 Å². The van der Waals surface area contributed by atoms with Gasteiger partial charge in [0.1, 0.15) is 11.6 Å². The topological polar surface area (TPSA) is 90.4 Å². The van der Waals surface area contributed by atoms with Crippen LogP contribution in [0.4, 0.5) is 4.79 Å². The summed E-state index contributed by atoms with van der Waals surface area (Å²) in [5.74, 6) is -0.682. The summed E-state index contributed by atoms with van der Waals surface area (Å²) in [4.78, 5) is 30.8. The number of carbonyl (C=O) groups is 2. The quantitative estimate of drug-likeness (QED) is 0.832. The molecule has 1 rings (SSSR count). The first-order chi connectivity index (χ1) is 9.17. The number of nitrogens with zero attached hydrogens (tertiary/aromatic N) is 2. The average Bonchev–Trinajstić information content (AvgIpc) is 2.29. The molecule has 118 valence electrons. The van der Waals surface area contributed by atoms with Gasteiger partial charge in [-0.25, -0.2) is 19.6 Å². The Balaban J connectivity index is 0.00000400. The molecular weight excluding hydrogens is 342 g/mol. The molecule has 21 heavy (non-hydrogen) atoms. The molecule has 0 aliphatic heterocycles. The lowest BCUT2D eigenvalue weighted by Gasteiger charge is -2.21. The average molecular weight is 362 g/mol. The number of aromatic nitrogens is 2. The van der Waals surface area contributed by atoms with Gasteiger partial charge in [-0.3, -0.25) is 0 Å². The summed E-state index contributed by atoms with van der Waals surface area (Å²) >= 11 is 3.16. The summed E-state index contributed by atoms with van der Waals surface area (Å²) in [6.07, 6.45) is 2.20. The lowest BCUT2D eigenvalue weighted by atomic mass is 10.2. The molecule has 0 bridgehead atoms. The molecule has 0 saturated heterocycles. The molecule has 0 aliphatic rings. The van der Waals surface area contributed by atoms with Crippen molar-refractivity contribution < 1.29 is 19.1 Å². The first-order valence-electron chi connectivity index (χ1n) is 5.86. The zero-order valence-corrected chi connectivity index (χ0v) is 13.2. The number of hydrogen-bond acceptors (Lipinski definition) is 6. The summed E-state index contributed by atoms with van der Waals surface area (Å²) in [6.45, 7) is 6.66. The van der Waals surface area contributed by atoms with Crippen molar-refractivity contribution >= 4 is 28.0 Å². The Bertz CT molecular complexity index is 485. The molecule has 0 fully saturated rings. The van der Waals surface area contributed by atoms with Crippen molar-refractivity contribution in [2.45, 2.75) is 46.8 Å². The minimum atomic E-state index is -0.878. The molecular formula is C13H20BrN3O4. The molecule has 8 heteroatoms. The van der Waals surface area contributed by atoms with Crippen LogP contribution in [0.15, 0.2) is 16.9 Å². The monoisotopic (exact) mass is 361 g/mol. The van der Waals surface area contributed by atoms with Crippen LogP contribution < -0.4 is 10.1 Å². The Morgan fingerprint density at radius 2 is 1.81 bits per heavy atom. The van der Waals surface area contributed by atoms with Gasteiger partial charge in [0.05, 0.1) is 4.47 Å². The third kappa shape index (κ3) is 7.60. The highest BCUT2D eigenvalue weighted by Gasteiger charge is 2.22. The molecule has 1 aromatic heterocycles. The number of ether oxygens (including phenoxy) is 2. The molecule has 1 aromatic rings. The van der Waals surface area contributed by atoms with Gasteiger partial charge in [0.25, 0.3) is 0 Å². The number of carbonyl (C=O) groups excluding carboxylic acids is 2. The predicted molar refractivity (Wildman–Crippen MR) is 80.9 cm³/mol. The van der Waals surface area contributed by atoms with Gasteiger partial charge in [-0.15, -0.1) is 0 Å². The summed E-state index contributed by atoms with van der Waals surface area (Å²) in [7, 11) is 0. The fourth-order valence-corrected chi connectivity index (χ4v) is 1.28. The molecule has 1 atom stereocenters. The second-order valence-corrected chi connectivity index (χ2v) is 5.89. The minimum Gasteiger partial charge on any atom is -0.444 e. The maximum Gasteiger partial charge on any atom is 0.408 e. The largest absolute Gasteiger partial charge is 0.444 e. The van der Waals surface area contributed by atoms with Gasteiger partial charge >= 0.3 is 18.1 Å². The van der Waals surface area contributed by atoms with E-state index in [0.717, 1.165) is 0 Å². The van der Waals surface area contributed by atoms with Gasteiger partial charge in [0.2, 0.25) is 0 Å². The van der Waals surface area contributed by atoms with Gasteiger partial charge in [0, 0.05) is 12.4 Å². The third-order valence-corrected chi connectivity index (χ3v) is 2.28. The van der Waals surface area contributed by atoms with E-state index >= 15 is 0 Å². The van der Waals surface area contributed by atoms with Crippen molar-refractivity contribution in [2.75, 3.05) is 0 Å². The maximum atomic E-state index is 11.7. The fraction of sp³-hybridized carbons (Fsp3) is 0.538. The molecule has 0 radical (unpaired) electrons. The first kappa shape index (κ1) is 19.3. The molecule has 0 aromatic carbocycles. The van der Waals surface area contributed by atoms with E-state index in [-0.39, 0.29) is 13.4 Å². The number of amides is 1. The lowest BCUT2D eigenvalue weighted by molar-refractivity contribution is -0.136. The fourth-order valence-electron chi connectivity index (χ4n) is 1.07. The molecule has 1 heterocycles. The third-order valence-electron chi connectivity index (χ3n) is 1.88. The Kier molecular flexibility index (Phi) is 7.28. The zero-order valence-electron chi connectivity index (χ0n) is 11.6. The van der Waals surface area contributed by atoms with E-state index < -0.39 is 23.7 Å². The Hall–Kier alpha value is -1.70. The van der Waals surface area contributed by atoms with E-state index in [1.165, 1.54) is 19.3 Å². The van der Waals surface area contributed by atoms with Crippen molar-refractivity contribution in [1.29, 1.82) is 0 Å². The van der Waals surface area contributed by atoms with E-state index in [4.69, 9.17) is 9.47 Å². The normalized spacial score (nSPS) is 11.9. The minimum absolute atomic E-state index is 0. The van der Waals surface area contributed by atoms with Crippen molar-refractivity contribution in [1.82, 2.24) is 15.3 Å². The van der Waals surface area contributed by atoms with Crippen LogP contribution in [0.1, 0.15) is 35.1 Å². The smallest absolute Gasteiger partial charge is 0.408 e. The van der Waals surface area contributed by atoms with Crippen molar-refractivity contribution in [3.63, 3.8) is 0 Å². The van der Waals surface area contributed by atoms with E-state index in [2.05, 4.69) is 31.2 Å². The Labute approximate surface area is 132 Å². The standard InChI is InChI=1S/C12H16BrN3O4.CH4/c1-7(16-11(18)20-12(2,3)4)9(17)19-10-14-5-8(13)6-15-10;/h5-7H,1-4H3,(H,16,18);1H4/t7-;/m0./s1. The van der Waals surface area contributed by atoms with Crippen LogP contribution in [0.2, 0.25) is 0 Å². The molecule has 0 saturated carbocycles. The Morgan fingerprint density at radius 1 is 1.29 bits per heavy atom. The maximum absolute atomic E-state index is 11.7. The number of esters is 1. The van der Waals surface area contributed by atoms with Crippen LogP contribution in [0.3, 0.4) is 0 Å². The van der Waals surface area contributed by atoms with Gasteiger partial charge in [-0.05, 0) is 43.6 Å². The second kappa shape index (κ2) is 7.92.